The number of aryl methyl sites for hydroxylation is 1. The number of alkyl carbamates (subject to hydrolysis) is 1. The van der Waals surface area contributed by atoms with Crippen LogP contribution >= 0.6 is 0 Å². The number of halogens is 3. The molecule has 194 valence electrons. The molecule has 0 aromatic heterocycles. The van der Waals surface area contributed by atoms with E-state index in [0.29, 0.717) is 5.69 Å². The second-order valence-electron chi connectivity index (χ2n) is 10.0. The van der Waals surface area contributed by atoms with E-state index in [4.69, 9.17) is 4.74 Å². The van der Waals surface area contributed by atoms with Crippen LogP contribution in [-0.4, -0.2) is 35.9 Å². The smallest absolute Gasteiger partial charge is 0.408 e. The van der Waals surface area contributed by atoms with E-state index < -0.39 is 35.4 Å². The van der Waals surface area contributed by atoms with Gasteiger partial charge in [-0.1, -0.05) is 48.0 Å². The summed E-state index contributed by atoms with van der Waals surface area (Å²) in [4.78, 5) is 23.4. The second kappa shape index (κ2) is 12.6. The molecular formula is C26H36F3N3O3. The molecule has 2 rings (SSSR count). The van der Waals surface area contributed by atoms with Crippen molar-refractivity contribution in [2.75, 3.05) is 11.9 Å². The molecule has 0 heterocycles. The molecule has 35 heavy (non-hydrogen) atoms. The van der Waals surface area contributed by atoms with Crippen LogP contribution in [0.4, 0.5) is 23.7 Å². The van der Waals surface area contributed by atoms with E-state index in [9.17, 15) is 22.8 Å². The number of benzene rings is 2. The van der Waals surface area contributed by atoms with Gasteiger partial charge in [-0.05, 0) is 66.2 Å². The Morgan fingerprint density at radius 3 is 1.83 bits per heavy atom. The predicted octanol–water partition coefficient (Wildman–Crippen LogP) is 6.14. The lowest BCUT2D eigenvalue weighted by molar-refractivity contribution is -0.161. The van der Waals surface area contributed by atoms with Gasteiger partial charge in [0.15, 0.2) is 0 Å². The number of carbonyl (C=O) groups excluding carboxylic acids is 2. The summed E-state index contributed by atoms with van der Waals surface area (Å²) in [5.41, 5.74) is 0.249. The zero-order valence-electron chi connectivity index (χ0n) is 21.3. The number of alkyl halides is 3. The topological polar surface area (TPSA) is 79.5 Å². The van der Waals surface area contributed by atoms with Crippen molar-refractivity contribution in [3.63, 3.8) is 0 Å². The molecular weight excluding hydrogens is 459 g/mol. The molecule has 6 nitrogen and oxygen atoms in total. The molecule has 0 radical (unpaired) electrons. The van der Waals surface area contributed by atoms with Crippen LogP contribution in [0.5, 0.6) is 0 Å². The van der Waals surface area contributed by atoms with Crippen molar-refractivity contribution in [3.05, 3.63) is 65.7 Å². The molecule has 0 aliphatic heterocycles. The summed E-state index contributed by atoms with van der Waals surface area (Å²) < 4.78 is 45.1. The van der Waals surface area contributed by atoms with E-state index in [1.807, 2.05) is 18.2 Å². The average molecular weight is 496 g/mol. The van der Waals surface area contributed by atoms with Gasteiger partial charge in [-0.3, -0.25) is 10.1 Å². The number of hydrogen-bond donors (Lipinski definition) is 3. The maximum atomic E-state index is 13.4. The first kappa shape index (κ1) is 30.0. The highest BCUT2D eigenvalue weighted by Gasteiger charge is 2.42. The second-order valence-corrected chi connectivity index (χ2v) is 10.0. The zero-order valence-corrected chi connectivity index (χ0v) is 21.3. The molecule has 2 amide bonds. The van der Waals surface area contributed by atoms with E-state index in [2.05, 4.69) is 35.0 Å². The summed E-state index contributed by atoms with van der Waals surface area (Å²) in [5, 5.41) is 7.36. The summed E-state index contributed by atoms with van der Waals surface area (Å²) in [5.74, 6) is -0.529. The molecule has 0 saturated carbocycles. The third-order valence-corrected chi connectivity index (χ3v) is 4.17. The Morgan fingerprint density at radius 2 is 1.43 bits per heavy atom. The first-order valence-electron chi connectivity index (χ1n) is 11.2. The molecule has 3 N–H and O–H groups in total. The van der Waals surface area contributed by atoms with E-state index in [1.165, 1.54) is 29.8 Å². The Bertz CT molecular complexity index is 933. The van der Waals surface area contributed by atoms with Crippen molar-refractivity contribution < 1.29 is 27.5 Å². The fourth-order valence-corrected chi connectivity index (χ4v) is 2.75. The number of rotatable bonds is 5. The van der Waals surface area contributed by atoms with Crippen molar-refractivity contribution in [3.8, 4) is 0 Å². The highest BCUT2D eigenvalue weighted by molar-refractivity contribution is 5.93. The molecule has 0 aliphatic rings. The number of amides is 2. The van der Waals surface area contributed by atoms with Crippen molar-refractivity contribution >= 4 is 17.7 Å². The van der Waals surface area contributed by atoms with Crippen LogP contribution in [0, 0.1) is 6.92 Å². The van der Waals surface area contributed by atoms with Crippen molar-refractivity contribution in [1.82, 2.24) is 10.6 Å². The molecule has 0 bridgehead atoms. The molecule has 2 aromatic rings. The highest BCUT2D eigenvalue weighted by atomic mass is 19.4. The Kier molecular flexibility index (Phi) is 10.8. The summed E-state index contributed by atoms with van der Waals surface area (Å²) in [7, 11) is 0. The molecule has 2 aromatic carbocycles. The molecule has 0 fully saturated rings. The van der Waals surface area contributed by atoms with Crippen LogP contribution in [0.3, 0.4) is 0 Å². The lowest BCUT2D eigenvalue weighted by Crippen LogP contribution is -2.45. The van der Waals surface area contributed by atoms with Crippen molar-refractivity contribution in [1.29, 1.82) is 0 Å². The third kappa shape index (κ3) is 13.4. The minimum atomic E-state index is -4.46. The number of ether oxygens (including phenoxy) is 1. The lowest BCUT2D eigenvalue weighted by Gasteiger charge is -2.30. The van der Waals surface area contributed by atoms with Gasteiger partial charge in [0.2, 0.25) is 5.91 Å². The van der Waals surface area contributed by atoms with Gasteiger partial charge in [-0.2, -0.15) is 13.2 Å². The van der Waals surface area contributed by atoms with Gasteiger partial charge in [0, 0.05) is 11.2 Å². The number of hydrogen-bond acceptors (Lipinski definition) is 4. The normalized spacial score (nSPS) is 12.6. The summed E-state index contributed by atoms with van der Waals surface area (Å²) in [6.45, 7) is 11.8. The number of anilines is 1. The lowest BCUT2D eigenvalue weighted by atomic mass is 10.0. The first-order valence-corrected chi connectivity index (χ1v) is 11.2. The third-order valence-electron chi connectivity index (χ3n) is 4.17. The fraction of sp³-hybridized carbons (Fsp3) is 0.462. The Hall–Kier alpha value is -3.07. The summed E-state index contributed by atoms with van der Waals surface area (Å²) >= 11 is 0. The van der Waals surface area contributed by atoms with Gasteiger partial charge < -0.3 is 15.4 Å². The minimum absolute atomic E-state index is 0.0345. The van der Waals surface area contributed by atoms with Gasteiger partial charge >= 0.3 is 12.3 Å². The van der Waals surface area contributed by atoms with Crippen LogP contribution in [0.2, 0.25) is 0 Å². The molecule has 1 atom stereocenters. The van der Waals surface area contributed by atoms with Gasteiger partial charge in [0.1, 0.15) is 18.2 Å². The zero-order chi connectivity index (χ0) is 26.9. The van der Waals surface area contributed by atoms with Crippen LogP contribution in [0.1, 0.15) is 58.7 Å². The van der Waals surface area contributed by atoms with E-state index >= 15 is 0 Å². The maximum Gasteiger partial charge on any atom is 0.408 e. The molecule has 1 unspecified atom stereocenters. The Morgan fingerprint density at radius 1 is 0.886 bits per heavy atom. The quantitative estimate of drug-likeness (QED) is 0.466. The first-order chi connectivity index (χ1) is 16.0. The number of carbonyl (C=O) groups is 2. The van der Waals surface area contributed by atoms with Crippen LogP contribution in [-0.2, 0) is 9.53 Å². The standard InChI is InChI=1S/C19H28F3N3O3.C7H8/c1-17(2,3)25-15(19(20,21)22)12-7-9-13(10-8-12)24-14(26)11-23-16(27)28-18(4,5)6;1-7-5-3-2-4-6-7/h7-10,15,25H,11H2,1-6H3,(H,23,27)(H,24,26);2-6H,1H3. The summed E-state index contributed by atoms with van der Waals surface area (Å²) in [6, 6.07) is 13.8. The largest absolute Gasteiger partial charge is 0.444 e. The summed E-state index contributed by atoms with van der Waals surface area (Å²) in [6.07, 6.45) is -5.20. The van der Waals surface area contributed by atoms with Gasteiger partial charge in [-0.25, -0.2) is 4.79 Å². The van der Waals surface area contributed by atoms with Crippen molar-refractivity contribution in [2.24, 2.45) is 0 Å². The Labute approximate surface area is 205 Å². The molecule has 0 saturated heterocycles. The van der Waals surface area contributed by atoms with Gasteiger partial charge in [0.05, 0.1) is 0 Å². The van der Waals surface area contributed by atoms with Gasteiger partial charge in [-0.15, -0.1) is 0 Å². The van der Waals surface area contributed by atoms with E-state index in [-0.39, 0.29) is 12.1 Å². The number of nitrogens with one attached hydrogen (secondary N) is 3. The van der Waals surface area contributed by atoms with E-state index in [0.717, 1.165) is 0 Å². The average Bonchev–Trinajstić information content (AvgIpc) is 2.70. The molecule has 0 aliphatic carbocycles. The molecule has 9 heteroatoms. The predicted molar refractivity (Wildman–Crippen MR) is 132 cm³/mol. The fourth-order valence-electron chi connectivity index (χ4n) is 2.75. The highest BCUT2D eigenvalue weighted by Crippen LogP contribution is 2.34. The molecule has 0 spiro atoms. The monoisotopic (exact) mass is 495 g/mol. The van der Waals surface area contributed by atoms with Crippen LogP contribution in [0.15, 0.2) is 54.6 Å². The maximum absolute atomic E-state index is 13.4. The van der Waals surface area contributed by atoms with Crippen molar-refractivity contribution in [2.45, 2.75) is 71.8 Å². The van der Waals surface area contributed by atoms with Crippen LogP contribution < -0.4 is 16.0 Å². The van der Waals surface area contributed by atoms with Crippen LogP contribution in [0.25, 0.3) is 0 Å². The van der Waals surface area contributed by atoms with Gasteiger partial charge in [0.25, 0.3) is 0 Å². The Balaban J connectivity index is 0.000000744. The SMILES string of the molecule is CC(C)(C)NC(c1ccc(NC(=O)CNC(=O)OC(C)(C)C)cc1)C(F)(F)F.Cc1ccccc1. The van der Waals surface area contributed by atoms with E-state index in [1.54, 1.807) is 41.5 Å². The minimum Gasteiger partial charge on any atom is -0.444 e.